The molecular formula is C14H23IN6. The summed E-state index contributed by atoms with van der Waals surface area (Å²) in [5.41, 5.74) is 0. The zero-order valence-electron chi connectivity index (χ0n) is 12.4. The molecule has 0 saturated heterocycles. The maximum atomic E-state index is 4.29. The Kier molecular flexibility index (Phi) is 6.01. The molecular weight excluding hydrogens is 379 g/mol. The zero-order valence-corrected chi connectivity index (χ0v) is 14.7. The van der Waals surface area contributed by atoms with Crippen molar-refractivity contribution in [1.29, 1.82) is 0 Å². The summed E-state index contributed by atoms with van der Waals surface area (Å²) in [6, 6.07) is 0.466. The van der Waals surface area contributed by atoms with Crippen LogP contribution in [0, 0.1) is 0 Å². The van der Waals surface area contributed by atoms with E-state index in [0.717, 1.165) is 43.4 Å². The number of hydrogen-bond acceptors (Lipinski definition) is 3. The van der Waals surface area contributed by atoms with E-state index < -0.39 is 0 Å². The highest BCUT2D eigenvalue weighted by molar-refractivity contribution is 14.0. The average molecular weight is 402 g/mol. The number of aromatic nitrogens is 3. The summed E-state index contributed by atoms with van der Waals surface area (Å²) < 4.78 is 2.24. The van der Waals surface area contributed by atoms with Gasteiger partial charge in [0, 0.05) is 26.1 Å². The summed E-state index contributed by atoms with van der Waals surface area (Å²) in [6.45, 7) is 1.71. The van der Waals surface area contributed by atoms with Gasteiger partial charge in [0.05, 0.1) is 6.54 Å². The lowest BCUT2D eigenvalue weighted by atomic mass is 10.2. The lowest BCUT2D eigenvalue weighted by Gasteiger charge is -2.18. The molecule has 0 atom stereocenters. The molecule has 1 aliphatic heterocycles. The van der Waals surface area contributed by atoms with Crippen molar-refractivity contribution in [2.24, 2.45) is 4.99 Å². The van der Waals surface area contributed by atoms with Crippen LogP contribution in [-0.2, 0) is 19.5 Å². The maximum Gasteiger partial charge on any atom is 0.191 e. The molecule has 0 unspecified atom stereocenters. The van der Waals surface area contributed by atoms with Crippen molar-refractivity contribution < 1.29 is 0 Å². The number of fused-ring (bicyclic) bond motifs is 1. The van der Waals surface area contributed by atoms with Gasteiger partial charge in [0.25, 0.3) is 0 Å². The molecule has 2 N–H and O–H groups in total. The number of aryl methyl sites for hydroxylation is 1. The van der Waals surface area contributed by atoms with E-state index >= 15 is 0 Å². The Labute approximate surface area is 142 Å². The van der Waals surface area contributed by atoms with E-state index in [1.54, 1.807) is 7.05 Å². The van der Waals surface area contributed by atoms with Crippen molar-refractivity contribution in [3.63, 3.8) is 0 Å². The highest BCUT2D eigenvalue weighted by Gasteiger charge is 2.16. The van der Waals surface area contributed by atoms with Crippen LogP contribution in [0.25, 0.3) is 0 Å². The highest BCUT2D eigenvalue weighted by atomic mass is 127. The van der Waals surface area contributed by atoms with Gasteiger partial charge in [-0.2, -0.15) is 0 Å². The first-order valence-corrected chi connectivity index (χ1v) is 7.40. The fourth-order valence-electron chi connectivity index (χ4n) is 2.79. The molecule has 0 fully saturated rings. The molecule has 0 spiro atoms. The topological polar surface area (TPSA) is 67.1 Å². The zero-order chi connectivity index (χ0) is 13.8. The van der Waals surface area contributed by atoms with Gasteiger partial charge in [-0.1, -0.05) is 12.2 Å². The van der Waals surface area contributed by atoms with E-state index in [-0.39, 0.29) is 24.0 Å². The van der Waals surface area contributed by atoms with Gasteiger partial charge in [0.15, 0.2) is 11.8 Å². The molecule has 6 nitrogen and oxygen atoms in total. The van der Waals surface area contributed by atoms with Gasteiger partial charge >= 0.3 is 0 Å². The second-order valence-corrected chi connectivity index (χ2v) is 5.35. The molecule has 21 heavy (non-hydrogen) atoms. The van der Waals surface area contributed by atoms with Crippen molar-refractivity contribution >= 4 is 29.9 Å². The molecule has 3 rings (SSSR count). The number of nitrogens with one attached hydrogen (secondary N) is 2. The molecule has 2 aliphatic rings. The summed E-state index contributed by atoms with van der Waals surface area (Å²) in [7, 11) is 1.80. The highest BCUT2D eigenvalue weighted by Crippen LogP contribution is 2.14. The van der Waals surface area contributed by atoms with Gasteiger partial charge in [-0.05, 0) is 25.7 Å². The Morgan fingerprint density at radius 2 is 2.14 bits per heavy atom. The molecule has 0 saturated carbocycles. The van der Waals surface area contributed by atoms with Crippen molar-refractivity contribution in [2.75, 3.05) is 7.05 Å². The third kappa shape index (κ3) is 3.96. The summed E-state index contributed by atoms with van der Waals surface area (Å²) >= 11 is 0. The Balaban J connectivity index is 0.00000161. The smallest absolute Gasteiger partial charge is 0.191 e. The van der Waals surface area contributed by atoms with Crippen LogP contribution in [0.15, 0.2) is 17.1 Å². The number of guanidine groups is 1. The monoisotopic (exact) mass is 402 g/mol. The average Bonchev–Trinajstić information content (AvgIpc) is 3.13. The Bertz CT molecular complexity index is 514. The molecule has 0 radical (unpaired) electrons. The number of hydrogen-bond donors (Lipinski definition) is 2. The molecule has 116 valence electrons. The van der Waals surface area contributed by atoms with Gasteiger partial charge < -0.3 is 15.2 Å². The third-order valence-corrected chi connectivity index (χ3v) is 3.92. The normalized spacial score (nSPS) is 18.2. The number of nitrogens with zero attached hydrogens (tertiary/aromatic N) is 4. The molecule has 0 bridgehead atoms. The largest absolute Gasteiger partial charge is 0.353 e. The van der Waals surface area contributed by atoms with Crippen LogP contribution in [0.4, 0.5) is 0 Å². The molecule has 2 heterocycles. The van der Waals surface area contributed by atoms with E-state index in [9.17, 15) is 0 Å². The van der Waals surface area contributed by atoms with Crippen LogP contribution in [0.5, 0.6) is 0 Å². The quantitative estimate of drug-likeness (QED) is 0.349. The van der Waals surface area contributed by atoms with Crippen molar-refractivity contribution in [3.05, 3.63) is 23.8 Å². The van der Waals surface area contributed by atoms with E-state index in [2.05, 4.69) is 42.5 Å². The minimum absolute atomic E-state index is 0. The lowest BCUT2D eigenvalue weighted by molar-refractivity contribution is 0.504. The fourth-order valence-corrected chi connectivity index (χ4v) is 2.79. The van der Waals surface area contributed by atoms with E-state index in [1.165, 1.54) is 12.8 Å². The van der Waals surface area contributed by atoms with Crippen molar-refractivity contribution in [2.45, 2.75) is 51.2 Å². The van der Waals surface area contributed by atoms with E-state index in [1.807, 2.05) is 0 Å². The van der Waals surface area contributed by atoms with Gasteiger partial charge in [-0.15, -0.1) is 34.2 Å². The van der Waals surface area contributed by atoms with Crippen molar-refractivity contribution in [1.82, 2.24) is 25.4 Å². The molecule has 1 aliphatic carbocycles. The van der Waals surface area contributed by atoms with Gasteiger partial charge in [0.2, 0.25) is 0 Å². The van der Waals surface area contributed by atoms with Crippen molar-refractivity contribution in [3.8, 4) is 0 Å². The molecule has 1 aromatic rings. The molecule has 0 aromatic carbocycles. The van der Waals surface area contributed by atoms with Crippen LogP contribution < -0.4 is 10.6 Å². The minimum atomic E-state index is 0. The Hall–Kier alpha value is -1.12. The summed E-state index contributed by atoms with van der Waals surface area (Å²) in [5.74, 6) is 2.97. The number of aliphatic imine (C=N–C) groups is 1. The first-order valence-electron chi connectivity index (χ1n) is 7.40. The predicted octanol–water partition coefficient (Wildman–Crippen LogP) is 1.62. The fraction of sp³-hybridized carbons (Fsp3) is 0.643. The first-order chi connectivity index (χ1) is 9.86. The maximum absolute atomic E-state index is 4.29. The van der Waals surface area contributed by atoms with E-state index in [4.69, 9.17) is 0 Å². The number of rotatable bonds is 3. The van der Waals surface area contributed by atoms with Crippen LogP contribution >= 0.6 is 24.0 Å². The molecule has 1 aromatic heterocycles. The van der Waals surface area contributed by atoms with Crippen LogP contribution in [0.1, 0.15) is 37.3 Å². The number of halogens is 1. The summed E-state index contributed by atoms with van der Waals surface area (Å²) in [6.07, 6.45) is 10.1. The van der Waals surface area contributed by atoms with Crippen LogP contribution in [0.2, 0.25) is 0 Å². The van der Waals surface area contributed by atoms with E-state index in [0.29, 0.717) is 12.6 Å². The summed E-state index contributed by atoms with van der Waals surface area (Å²) in [5, 5.41) is 15.3. The van der Waals surface area contributed by atoms with Crippen LogP contribution in [0.3, 0.4) is 0 Å². The Morgan fingerprint density at radius 3 is 2.90 bits per heavy atom. The predicted molar refractivity (Wildman–Crippen MR) is 93.9 cm³/mol. The van der Waals surface area contributed by atoms with Gasteiger partial charge in [0.1, 0.15) is 5.82 Å². The lowest BCUT2D eigenvalue weighted by Crippen LogP contribution is -2.42. The minimum Gasteiger partial charge on any atom is -0.353 e. The second kappa shape index (κ2) is 7.77. The Morgan fingerprint density at radius 1 is 1.33 bits per heavy atom. The summed E-state index contributed by atoms with van der Waals surface area (Å²) in [4.78, 5) is 4.27. The molecule has 0 amide bonds. The third-order valence-electron chi connectivity index (χ3n) is 3.92. The molecule has 7 heteroatoms. The standard InChI is InChI=1S/C14H22N6.HI/c1-15-14(17-11-6-2-3-7-11)16-10-13-19-18-12-8-4-5-9-20(12)13;/h2-3,11H,4-10H2,1H3,(H2,15,16,17);1H. The van der Waals surface area contributed by atoms with Gasteiger partial charge in [-0.25, -0.2) is 0 Å². The first kappa shape index (κ1) is 16.3. The second-order valence-electron chi connectivity index (χ2n) is 5.35. The van der Waals surface area contributed by atoms with Gasteiger partial charge in [-0.3, -0.25) is 4.99 Å². The van der Waals surface area contributed by atoms with Crippen LogP contribution in [-0.4, -0.2) is 33.8 Å². The SMILES string of the molecule is CN=C(NCc1nnc2n1CCCC2)NC1CC=CC1.I.